The van der Waals surface area contributed by atoms with Gasteiger partial charge in [-0.2, -0.15) is 0 Å². The van der Waals surface area contributed by atoms with Crippen LogP contribution in [0.3, 0.4) is 0 Å². The van der Waals surface area contributed by atoms with Crippen molar-refractivity contribution in [2.75, 3.05) is 13.1 Å². The van der Waals surface area contributed by atoms with Crippen LogP contribution < -0.4 is 4.72 Å². The minimum absolute atomic E-state index is 0.0182. The molecule has 0 aliphatic carbocycles. The highest BCUT2D eigenvalue weighted by Crippen LogP contribution is 2.32. The van der Waals surface area contributed by atoms with Crippen molar-refractivity contribution in [1.82, 2.24) is 9.62 Å². The summed E-state index contributed by atoms with van der Waals surface area (Å²) in [6.07, 6.45) is 1.49. The van der Waals surface area contributed by atoms with E-state index < -0.39 is 26.1 Å². The van der Waals surface area contributed by atoms with Crippen molar-refractivity contribution in [2.24, 2.45) is 4.99 Å². The molecule has 158 valence electrons. The summed E-state index contributed by atoms with van der Waals surface area (Å²) in [7, 11) is -3.66. The summed E-state index contributed by atoms with van der Waals surface area (Å²) >= 11 is 0.763. The maximum Gasteiger partial charge on any atom is 0.293 e. The number of amides is 2. The second-order valence-corrected chi connectivity index (χ2v) is 9.16. The van der Waals surface area contributed by atoms with E-state index in [0.717, 1.165) is 16.7 Å². The number of nitro groups is 1. The highest BCUT2D eigenvalue weighted by molar-refractivity contribution is 8.18. The summed E-state index contributed by atoms with van der Waals surface area (Å²) in [6, 6.07) is 12.0. The summed E-state index contributed by atoms with van der Waals surface area (Å²) < 4.78 is 26.6. The van der Waals surface area contributed by atoms with Gasteiger partial charge in [-0.1, -0.05) is 12.1 Å². The van der Waals surface area contributed by atoms with Gasteiger partial charge >= 0.3 is 0 Å². The zero-order valence-electron chi connectivity index (χ0n) is 15.7. The van der Waals surface area contributed by atoms with Crippen molar-refractivity contribution >= 4 is 50.5 Å². The summed E-state index contributed by atoms with van der Waals surface area (Å²) in [4.78, 5) is 40.6. The van der Waals surface area contributed by atoms with Gasteiger partial charge in [-0.3, -0.25) is 34.3 Å². The first-order valence-electron chi connectivity index (χ1n) is 8.93. The summed E-state index contributed by atoms with van der Waals surface area (Å²) in [6.45, 7) is 0.00466. The van der Waals surface area contributed by atoms with Crippen LogP contribution in [0, 0.1) is 10.1 Å². The Morgan fingerprint density at radius 2 is 1.84 bits per heavy atom. The van der Waals surface area contributed by atoms with Crippen molar-refractivity contribution in [2.45, 2.75) is 4.90 Å². The van der Waals surface area contributed by atoms with Crippen molar-refractivity contribution in [3.05, 3.63) is 74.7 Å². The Balaban J connectivity index is 1.46. The van der Waals surface area contributed by atoms with Gasteiger partial charge in [0.15, 0.2) is 0 Å². The van der Waals surface area contributed by atoms with Crippen LogP contribution in [0.5, 0.6) is 0 Å². The number of hydrogen-bond donors (Lipinski definition) is 1. The standard InChI is InChI=1S/C19H14N4O6S2/c24-18-15(11-12-5-7-13(8-6-12)23(26)27)30-19(25)22(18)10-9-20-17-14-3-1-2-4-16(14)31(28,29)21-17/h1-8,11H,9-10H2,(H,20,21)/b15-11+. The molecular weight excluding hydrogens is 444 g/mol. The predicted octanol–water partition coefficient (Wildman–Crippen LogP) is 2.37. The molecular formula is C19H14N4O6S2. The molecule has 2 aromatic carbocycles. The third-order valence-electron chi connectivity index (χ3n) is 4.53. The fourth-order valence-corrected chi connectivity index (χ4v) is 5.17. The van der Waals surface area contributed by atoms with E-state index in [-0.39, 0.29) is 34.4 Å². The molecule has 1 N–H and O–H groups in total. The molecule has 0 spiro atoms. The van der Waals surface area contributed by atoms with Gasteiger partial charge in [0, 0.05) is 24.2 Å². The van der Waals surface area contributed by atoms with Gasteiger partial charge in [0.2, 0.25) is 0 Å². The molecule has 1 saturated heterocycles. The molecule has 12 heteroatoms. The molecule has 0 bridgehead atoms. The number of thioether (sulfide) groups is 1. The van der Waals surface area contributed by atoms with Gasteiger partial charge < -0.3 is 0 Å². The van der Waals surface area contributed by atoms with E-state index in [1.54, 1.807) is 18.2 Å². The molecule has 2 amide bonds. The second kappa shape index (κ2) is 7.96. The van der Waals surface area contributed by atoms with Crippen LogP contribution in [0.15, 0.2) is 63.3 Å². The van der Waals surface area contributed by atoms with E-state index in [9.17, 15) is 28.1 Å². The number of carbonyl (C=O) groups excluding carboxylic acids is 2. The molecule has 0 aromatic heterocycles. The first kappa shape index (κ1) is 20.8. The first-order chi connectivity index (χ1) is 14.8. The van der Waals surface area contributed by atoms with E-state index in [1.807, 2.05) is 0 Å². The third kappa shape index (κ3) is 4.07. The maximum atomic E-state index is 12.6. The van der Waals surface area contributed by atoms with Gasteiger partial charge in [-0.25, -0.2) is 8.42 Å². The lowest BCUT2D eigenvalue weighted by atomic mass is 10.2. The molecule has 0 saturated carbocycles. The Morgan fingerprint density at radius 3 is 2.55 bits per heavy atom. The Bertz CT molecular complexity index is 1270. The number of non-ortho nitro benzene ring substituents is 1. The zero-order chi connectivity index (χ0) is 22.2. The van der Waals surface area contributed by atoms with Gasteiger partial charge in [-0.15, -0.1) is 0 Å². The SMILES string of the molecule is O=C1S/C(=C/c2ccc([N+](=O)[O-])cc2)C(=O)N1CCN=C1NS(=O)(=O)c2ccccc21. The minimum atomic E-state index is -3.66. The normalized spacial score (nSPS) is 19.7. The number of nitro benzene ring substituents is 1. The quantitative estimate of drug-likeness (QED) is 0.412. The monoisotopic (exact) mass is 458 g/mol. The first-order valence-corrected chi connectivity index (χ1v) is 11.2. The molecule has 31 heavy (non-hydrogen) atoms. The summed E-state index contributed by atoms with van der Waals surface area (Å²) in [5, 5.41) is 10.3. The lowest BCUT2D eigenvalue weighted by Crippen LogP contribution is -2.31. The fraction of sp³-hybridized carbons (Fsp3) is 0.105. The summed E-state index contributed by atoms with van der Waals surface area (Å²) in [5.41, 5.74) is 0.913. The van der Waals surface area contributed by atoms with Crippen LogP contribution in [0.2, 0.25) is 0 Å². The minimum Gasteiger partial charge on any atom is -0.268 e. The average molecular weight is 458 g/mol. The van der Waals surface area contributed by atoms with Crippen LogP contribution in [0.25, 0.3) is 6.08 Å². The van der Waals surface area contributed by atoms with Crippen LogP contribution in [0.4, 0.5) is 10.5 Å². The van der Waals surface area contributed by atoms with E-state index in [1.165, 1.54) is 36.4 Å². The third-order valence-corrected chi connectivity index (χ3v) is 6.84. The van der Waals surface area contributed by atoms with Crippen LogP contribution in [0.1, 0.15) is 11.1 Å². The number of fused-ring (bicyclic) bond motifs is 1. The van der Waals surface area contributed by atoms with Crippen molar-refractivity contribution in [1.29, 1.82) is 0 Å². The highest BCUT2D eigenvalue weighted by Gasteiger charge is 2.35. The van der Waals surface area contributed by atoms with Gasteiger partial charge in [0.1, 0.15) is 5.84 Å². The predicted molar refractivity (Wildman–Crippen MR) is 114 cm³/mol. The largest absolute Gasteiger partial charge is 0.293 e. The number of rotatable bonds is 5. The number of aliphatic imine (C=N–C) groups is 1. The Morgan fingerprint density at radius 1 is 1.13 bits per heavy atom. The molecule has 0 unspecified atom stereocenters. The van der Waals surface area contributed by atoms with Crippen molar-refractivity contribution in [3.8, 4) is 0 Å². The molecule has 1 fully saturated rings. The second-order valence-electron chi connectivity index (χ2n) is 6.51. The Kier molecular flexibility index (Phi) is 5.33. The Labute approximate surface area is 180 Å². The van der Waals surface area contributed by atoms with E-state index in [4.69, 9.17) is 0 Å². The number of nitrogens with one attached hydrogen (secondary N) is 1. The van der Waals surface area contributed by atoms with E-state index >= 15 is 0 Å². The number of nitrogens with zero attached hydrogens (tertiary/aromatic N) is 3. The van der Waals surface area contributed by atoms with E-state index in [2.05, 4.69) is 9.71 Å². The van der Waals surface area contributed by atoms with Gasteiger partial charge in [-0.05, 0) is 47.7 Å². The maximum absolute atomic E-state index is 12.6. The van der Waals surface area contributed by atoms with Crippen molar-refractivity contribution < 1.29 is 22.9 Å². The Hall–Kier alpha value is -3.51. The van der Waals surface area contributed by atoms with Crippen molar-refractivity contribution in [3.63, 3.8) is 0 Å². The molecule has 2 aromatic rings. The lowest BCUT2D eigenvalue weighted by Gasteiger charge is -2.10. The molecule has 4 rings (SSSR count). The molecule has 0 atom stereocenters. The number of carbonyl (C=O) groups is 2. The molecule has 2 heterocycles. The number of amidine groups is 1. The van der Waals surface area contributed by atoms with Crippen LogP contribution >= 0.6 is 11.8 Å². The van der Waals surface area contributed by atoms with Gasteiger partial charge in [0.25, 0.3) is 26.9 Å². The highest BCUT2D eigenvalue weighted by atomic mass is 32.2. The molecule has 0 radical (unpaired) electrons. The number of imide groups is 1. The lowest BCUT2D eigenvalue weighted by molar-refractivity contribution is -0.384. The number of benzene rings is 2. The zero-order valence-corrected chi connectivity index (χ0v) is 17.4. The smallest absolute Gasteiger partial charge is 0.268 e. The fourth-order valence-electron chi connectivity index (χ4n) is 3.05. The number of sulfonamides is 1. The van der Waals surface area contributed by atoms with E-state index in [0.29, 0.717) is 11.1 Å². The molecule has 2 aliphatic rings. The average Bonchev–Trinajstić information content (AvgIpc) is 3.15. The van der Waals surface area contributed by atoms with Crippen LogP contribution in [-0.4, -0.2) is 48.3 Å². The van der Waals surface area contributed by atoms with Crippen LogP contribution in [-0.2, 0) is 14.8 Å². The molecule has 10 nitrogen and oxygen atoms in total. The number of hydrogen-bond acceptors (Lipinski definition) is 8. The summed E-state index contributed by atoms with van der Waals surface area (Å²) in [5.74, 6) is -0.329. The topological polar surface area (TPSA) is 139 Å². The van der Waals surface area contributed by atoms with Gasteiger partial charge in [0.05, 0.1) is 21.3 Å². The molecule has 2 aliphatic heterocycles.